The van der Waals surface area contributed by atoms with Gasteiger partial charge in [0.05, 0.1) is 13.2 Å². The first kappa shape index (κ1) is 17.4. The van der Waals surface area contributed by atoms with E-state index >= 15 is 0 Å². The maximum Gasteiger partial charge on any atom is 0.0594 e. The molecule has 0 radical (unpaired) electrons. The summed E-state index contributed by atoms with van der Waals surface area (Å²) in [7, 11) is 0. The van der Waals surface area contributed by atoms with Crippen LogP contribution >= 0.6 is 24.8 Å². The number of rotatable bonds is 3. The van der Waals surface area contributed by atoms with Gasteiger partial charge in [-0.2, -0.15) is 0 Å². The number of ether oxygens (including phenoxy) is 1. The molecule has 2 saturated heterocycles. The van der Waals surface area contributed by atoms with E-state index in [9.17, 15) is 0 Å². The van der Waals surface area contributed by atoms with E-state index in [-0.39, 0.29) is 24.8 Å². The van der Waals surface area contributed by atoms with E-state index in [4.69, 9.17) is 10.5 Å². The first-order valence-corrected chi connectivity index (χ1v) is 6.05. The fourth-order valence-corrected chi connectivity index (χ4v) is 2.63. The van der Waals surface area contributed by atoms with Crippen molar-refractivity contribution in [3.63, 3.8) is 0 Å². The Bertz CT molecular complexity index is 201. The zero-order valence-electron chi connectivity index (χ0n) is 10.5. The molecule has 104 valence electrons. The third kappa shape index (κ3) is 5.28. The largest absolute Gasteiger partial charge is 0.379 e. The Balaban J connectivity index is 0.00000128. The molecule has 0 aromatic heterocycles. The predicted molar refractivity (Wildman–Crippen MR) is 75.4 cm³/mol. The molecule has 2 N–H and O–H groups in total. The number of nitrogens with zero attached hydrogens (tertiary/aromatic N) is 2. The van der Waals surface area contributed by atoms with Crippen LogP contribution in [0.25, 0.3) is 0 Å². The van der Waals surface area contributed by atoms with Gasteiger partial charge in [0.2, 0.25) is 0 Å². The van der Waals surface area contributed by atoms with Crippen molar-refractivity contribution < 1.29 is 4.74 Å². The van der Waals surface area contributed by atoms with Crippen molar-refractivity contribution in [1.29, 1.82) is 0 Å². The summed E-state index contributed by atoms with van der Waals surface area (Å²) in [6.07, 6.45) is 1.30. The van der Waals surface area contributed by atoms with Crippen molar-refractivity contribution in [3.05, 3.63) is 0 Å². The molecule has 2 heterocycles. The molecule has 2 fully saturated rings. The number of nitrogens with two attached hydrogens (primary N) is 1. The minimum absolute atomic E-state index is 0. The third-order valence-corrected chi connectivity index (χ3v) is 3.36. The van der Waals surface area contributed by atoms with Crippen LogP contribution in [0.15, 0.2) is 0 Å². The lowest BCUT2D eigenvalue weighted by Gasteiger charge is -2.32. The fraction of sp³-hybridized carbons (Fsp3) is 1.00. The minimum atomic E-state index is 0. The van der Waals surface area contributed by atoms with Crippen molar-refractivity contribution in [3.8, 4) is 0 Å². The maximum absolute atomic E-state index is 5.82. The lowest BCUT2D eigenvalue weighted by Crippen LogP contribution is -2.45. The van der Waals surface area contributed by atoms with Gasteiger partial charge in [0.25, 0.3) is 0 Å². The lowest BCUT2D eigenvalue weighted by molar-refractivity contribution is 0.0184. The molecule has 0 saturated carbocycles. The van der Waals surface area contributed by atoms with Crippen LogP contribution in [-0.4, -0.2) is 67.8 Å². The fourth-order valence-electron chi connectivity index (χ4n) is 2.63. The summed E-state index contributed by atoms with van der Waals surface area (Å²) in [5.41, 5.74) is 5.82. The Morgan fingerprint density at radius 2 is 1.88 bits per heavy atom. The summed E-state index contributed by atoms with van der Waals surface area (Å²) < 4.78 is 5.38. The first-order chi connectivity index (χ1) is 7.25. The standard InChI is InChI=1S/C11H23N3O.2ClH/c1-10(12)8-13-3-2-11(9-13)14-4-6-15-7-5-14;;/h10-11H,2-9,12H2,1H3;2*1H. The van der Waals surface area contributed by atoms with Crippen molar-refractivity contribution >= 4 is 24.8 Å². The molecule has 0 aliphatic carbocycles. The number of halogens is 2. The Kier molecular flexibility index (Phi) is 8.72. The van der Waals surface area contributed by atoms with Crippen LogP contribution in [0.2, 0.25) is 0 Å². The molecule has 0 spiro atoms. The van der Waals surface area contributed by atoms with Crippen molar-refractivity contribution in [1.82, 2.24) is 9.80 Å². The molecule has 6 heteroatoms. The second kappa shape index (κ2) is 8.51. The highest BCUT2D eigenvalue weighted by molar-refractivity contribution is 5.85. The molecular formula is C11H25Cl2N3O. The molecule has 0 amide bonds. The van der Waals surface area contributed by atoms with Gasteiger partial charge in [-0.1, -0.05) is 0 Å². The zero-order chi connectivity index (χ0) is 10.7. The monoisotopic (exact) mass is 285 g/mol. The van der Waals surface area contributed by atoms with Crippen LogP contribution < -0.4 is 5.73 Å². The summed E-state index contributed by atoms with van der Waals surface area (Å²) in [6, 6.07) is 1.04. The number of morpholine rings is 1. The van der Waals surface area contributed by atoms with Gasteiger partial charge < -0.3 is 15.4 Å². The van der Waals surface area contributed by atoms with Crippen LogP contribution in [0.5, 0.6) is 0 Å². The van der Waals surface area contributed by atoms with E-state index in [1.165, 1.54) is 19.5 Å². The zero-order valence-corrected chi connectivity index (χ0v) is 12.1. The molecule has 2 unspecified atom stereocenters. The number of hydrogen-bond donors (Lipinski definition) is 1. The van der Waals surface area contributed by atoms with Crippen molar-refractivity contribution in [2.45, 2.75) is 25.4 Å². The highest BCUT2D eigenvalue weighted by Crippen LogP contribution is 2.16. The molecule has 2 atom stereocenters. The third-order valence-electron chi connectivity index (χ3n) is 3.36. The molecule has 2 aliphatic heterocycles. The Morgan fingerprint density at radius 1 is 1.24 bits per heavy atom. The van der Waals surface area contributed by atoms with Gasteiger partial charge >= 0.3 is 0 Å². The van der Waals surface area contributed by atoms with Gasteiger partial charge in [0.15, 0.2) is 0 Å². The van der Waals surface area contributed by atoms with Crippen LogP contribution in [0, 0.1) is 0 Å². The Morgan fingerprint density at radius 3 is 2.47 bits per heavy atom. The lowest BCUT2D eigenvalue weighted by atomic mass is 10.2. The van der Waals surface area contributed by atoms with Gasteiger partial charge in [-0.3, -0.25) is 4.90 Å². The van der Waals surface area contributed by atoms with Crippen LogP contribution in [-0.2, 0) is 4.74 Å². The van der Waals surface area contributed by atoms with E-state index in [2.05, 4.69) is 16.7 Å². The molecule has 17 heavy (non-hydrogen) atoms. The van der Waals surface area contributed by atoms with Gasteiger partial charge in [-0.15, -0.1) is 24.8 Å². The van der Waals surface area contributed by atoms with Crippen molar-refractivity contribution in [2.24, 2.45) is 5.73 Å². The summed E-state index contributed by atoms with van der Waals surface area (Å²) in [6.45, 7) is 9.56. The highest BCUT2D eigenvalue weighted by Gasteiger charge is 2.28. The summed E-state index contributed by atoms with van der Waals surface area (Å²) >= 11 is 0. The molecule has 0 bridgehead atoms. The van der Waals surface area contributed by atoms with E-state index in [0.29, 0.717) is 6.04 Å². The van der Waals surface area contributed by atoms with Gasteiger partial charge in [-0.05, 0) is 19.9 Å². The van der Waals surface area contributed by atoms with Crippen LogP contribution in [0.1, 0.15) is 13.3 Å². The summed E-state index contributed by atoms with van der Waals surface area (Å²) in [5, 5.41) is 0. The minimum Gasteiger partial charge on any atom is -0.379 e. The van der Waals surface area contributed by atoms with Crippen molar-refractivity contribution in [2.75, 3.05) is 45.9 Å². The predicted octanol–water partition coefficient (Wildman–Crippen LogP) is 0.584. The number of likely N-dealkylation sites (tertiary alicyclic amines) is 1. The van der Waals surface area contributed by atoms with E-state index in [1.54, 1.807) is 0 Å². The van der Waals surface area contributed by atoms with Gasteiger partial charge in [0, 0.05) is 38.3 Å². The smallest absolute Gasteiger partial charge is 0.0594 e. The second-order valence-corrected chi connectivity index (χ2v) is 4.83. The average Bonchev–Trinajstić information content (AvgIpc) is 2.67. The molecule has 0 aromatic rings. The van der Waals surface area contributed by atoms with Crippen LogP contribution in [0.3, 0.4) is 0 Å². The normalized spacial score (nSPS) is 28.2. The van der Waals surface area contributed by atoms with E-state index in [0.717, 1.165) is 38.9 Å². The molecule has 2 rings (SSSR count). The summed E-state index contributed by atoms with van der Waals surface area (Å²) in [5.74, 6) is 0. The highest BCUT2D eigenvalue weighted by atomic mass is 35.5. The molecule has 4 nitrogen and oxygen atoms in total. The molecule has 0 aromatic carbocycles. The molecule has 2 aliphatic rings. The first-order valence-electron chi connectivity index (χ1n) is 6.05. The summed E-state index contributed by atoms with van der Waals surface area (Å²) in [4.78, 5) is 5.06. The van der Waals surface area contributed by atoms with E-state index < -0.39 is 0 Å². The topological polar surface area (TPSA) is 41.7 Å². The Hall–Kier alpha value is 0.420. The SMILES string of the molecule is CC(N)CN1CCC(N2CCOCC2)C1.Cl.Cl. The maximum atomic E-state index is 5.82. The molecular weight excluding hydrogens is 261 g/mol. The van der Waals surface area contributed by atoms with Crippen LogP contribution in [0.4, 0.5) is 0 Å². The number of hydrogen-bond acceptors (Lipinski definition) is 4. The quantitative estimate of drug-likeness (QED) is 0.824. The Labute approximate surface area is 117 Å². The van der Waals surface area contributed by atoms with Gasteiger partial charge in [0.1, 0.15) is 0 Å². The van der Waals surface area contributed by atoms with E-state index in [1.807, 2.05) is 0 Å². The second-order valence-electron chi connectivity index (χ2n) is 4.83. The average molecular weight is 286 g/mol. The van der Waals surface area contributed by atoms with Gasteiger partial charge in [-0.25, -0.2) is 0 Å².